The van der Waals surface area contributed by atoms with E-state index >= 15 is 0 Å². The predicted molar refractivity (Wildman–Crippen MR) is 87.9 cm³/mol. The second kappa shape index (κ2) is 8.92. The fourth-order valence-corrected chi connectivity index (χ4v) is 2.05. The Morgan fingerprint density at radius 1 is 1.42 bits per heavy atom. The van der Waals surface area contributed by atoms with Crippen molar-refractivity contribution in [2.45, 2.75) is 20.0 Å². The number of halogens is 1. The normalized spacial score (nSPS) is 10.9. The van der Waals surface area contributed by atoms with Gasteiger partial charge in [0, 0.05) is 17.5 Å². The van der Waals surface area contributed by atoms with Crippen molar-refractivity contribution < 1.29 is 4.52 Å². The maximum absolute atomic E-state index is 4.77. The van der Waals surface area contributed by atoms with Crippen LogP contribution in [0.15, 0.2) is 39.4 Å². The van der Waals surface area contributed by atoms with Crippen molar-refractivity contribution >= 4 is 41.3 Å². The molecule has 0 aliphatic heterocycles. The molecule has 0 bridgehead atoms. The molecule has 5 nitrogen and oxygen atoms in total. The summed E-state index contributed by atoms with van der Waals surface area (Å²) in [4.78, 5) is 5.71. The minimum atomic E-state index is 0. The van der Waals surface area contributed by atoms with Crippen LogP contribution in [-0.2, 0) is 13.1 Å². The highest BCUT2D eigenvalue weighted by molar-refractivity contribution is 14.0. The van der Waals surface area contributed by atoms with E-state index in [0.717, 1.165) is 24.7 Å². The van der Waals surface area contributed by atoms with Crippen LogP contribution in [0, 0.1) is 0 Å². The van der Waals surface area contributed by atoms with Gasteiger partial charge in [0.25, 0.3) is 0 Å². The van der Waals surface area contributed by atoms with Crippen molar-refractivity contribution in [2.75, 3.05) is 6.54 Å². The minimum absolute atomic E-state index is 0. The van der Waals surface area contributed by atoms with Crippen molar-refractivity contribution in [3.8, 4) is 0 Å². The molecule has 0 fully saturated rings. The maximum atomic E-state index is 4.77. The molecule has 104 valence electrons. The van der Waals surface area contributed by atoms with E-state index in [9.17, 15) is 0 Å². The van der Waals surface area contributed by atoms with E-state index in [1.807, 2.05) is 19.1 Å². The molecule has 19 heavy (non-hydrogen) atoms. The van der Waals surface area contributed by atoms with Crippen LogP contribution in [0.5, 0.6) is 0 Å². The number of nitrogens with one attached hydrogen (secondary N) is 2. The number of nitrogens with zero attached hydrogens (tertiary/aromatic N) is 2. The fraction of sp³-hybridized carbons (Fsp3) is 0.333. The lowest BCUT2D eigenvalue weighted by Crippen LogP contribution is -2.36. The lowest BCUT2D eigenvalue weighted by molar-refractivity contribution is 0.412. The lowest BCUT2D eigenvalue weighted by atomic mass is 10.4. The van der Waals surface area contributed by atoms with E-state index in [1.54, 1.807) is 17.6 Å². The third-order valence-corrected chi connectivity index (χ3v) is 3.12. The van der Waals surface area contributed by atoms with Gasteiger partial charge in [0.05, 0.1) is 13.1 Å². The Hall–Kier alpha value is -1.09. The van der Waals surface area contributed by atoms with Crippen LogP contribution in [0.25, 0.3) is 0 Å². The zero-order valence-electron chi connectivity index (χ0n) is 10.6. The summed E-state index contributed by atoms with van der Waals surface area (Å²) >= 11 is 1.73. The smallest absolute Gasteiger partial charge is 0.191 e. The summed E-state index contributed by atoms with van der Waals surface area (Å²) in [5.41, 5.74) is 0.823. The van der Waals surface area contributed by atoms with Gasteiger partial charge in [0.15, 0.2) is 5.96 Å². The van der Waals surface area contributed by atoms with E-state index in [2.05, 4.69) is 32.2 Å². The molecule has 2 N–H and O–H groups in total. The van der Waals surface area contributed by atoms with E-state index < -0.39 is 0 Å². The van der Waals surface area contributed by atoms with Crippen molar-refractivity contribution in [2.24, 2.45) is 4.99 Å². The number of rotatable bonds is 5. The second-order valence-electron chi connectivity index (χ2n) is 3.62. The first-order valence-corrected chi connectivity index (χ1v) is 6.70. The first-order valence-electron chi connectivity index (χ1n) is 5.82. The molecule has 0 amide bonds. The van der Waals surface area contributed by atoms with Gasteiger partial charge in [-0.25, -0.2) is 4.99 Å². The van der Waals surface area contributed by atoms with Gasteiger partial charge >= 0.3 is 0 Å². The molecule has 0 saturated carbocycles. The molecule has 2 heterocycles. The number of hydrogen-bond donors (Lipinski definition) is 2. The first-order chi connectivity index (χ1) is 8.88. The minimum Gasteiger partial charge on any atom is -0.364 e. The van der Waals surface area contributed by atoms with Crippen molar-refractivity contribution in [1.29, 1.82) is 0 Å². The SMILES string of the molecule is CCNC(=NCc1ccon1)NCc1cccs1.I. The van der Waals surface area contributed by atoms with Gasteiger partial charge in [-0.3, -0.25) is 0 Å². The number of hydrogen-bond acceptors (Lipinski definition) is 4. The molecule has 2 rings (SSSR count). The van der Waals surface area contributed by atoms with Crippen LogP contribution < -0.4 is 10.6 Å². The fourth-order valence-electron chi connectivity index (χ4n) is 1.40. The van der Waals surface area contributed by atoms with E-state index in [-0.39, 0.29) is 24.0 Å². The molecule has 0 unspecified atom stereocenters. The highest BCUT2D eigenvalue weighted by atomic mass is 127. The van der Waals surface area contributed by atoms with Crippen molar-refractivity contribution in [3.63, 3.8) is 0 Å². The molecular formula is C12H17IN4OS. The van der Waals surface area contributed by atoms with Gasteiger partial charge < -0.3 is 15.2 Å². The van der Waals surface area contributed by atoms with E-state index in [1.165, 1.54) is 4.88 Å². The van der Waals surface area contributed by atoms with Crippen molar-refractivity contribution in [3.05, 3.63) is 40.4 Å². The van der Waals surface area contributed by atoms with Gasteiger partial charge in [0.1, 0.15) is 12.0 Å². The summed E-state index contributed by atoms with van der Waals surface area (Å²) in [6.07, 6.45) is 1.55. The number of guanidine groups is 1. The average molecular weight is 392 g/mol. The van der Waals surface area contributed by atoms with Gasteiger partial charge in [-0.1, -0.05) is 11.2 Å². The van der Waals surface area contributed by atoms with Crippen LogP contribution in [0.4, 0.5) is 0 Å². The van der Waals surface area contributed by atoms with Crippen LogP contribution in [0.3, 0.4) is 0 Å². The maximum Gasteiger partial charge on any atom is 0.191 e. The Morgan fingerprint density at radius 2 is 2.32 bits per heavy atom. The zero-order chi connectivity index (χ0) is 12.6. The summed E-state index contributed by atoms with van der Waals surface area (Å²) in [6.45, 7) is 4.16. The van der Waals surface area contributed by atoms with Gasteiger partial charge in [0.2, 0.25) is 0 Å². The topological polar surface area (TPSA) is 62.5 Å². The molecule has 0 aliphatic rings. The standard InChI is InChI=1S/C12H16N4OS.HI/c1-2-13-12(14-8-10-5-6-17-16-10)15-9-11-4-3-7-18-11;/h3-7H,2,8-9H2,1H3,(H2,13,14,15);1H. The largest absolute Gasteiger partial charge is 0.364 e. The molecule has 2 aromatic heterocycles. The molecule has 0 spiro atoms. The Labute approximate surface area is 133 Å². The van der Waals surface area contributed by atoms with Crippen LogP contribution in [0.2, 0.25) is 0 Å². The molecule has 0 radical (unpaired) electrons. The highest BCUT2D eigenvalue weighted by Gasteiger charge is 2.00. The van der Waals surface area contributed by atoms with Crippen molar-refractivity contribution in [1.82, 2.24) is 15.8 Å². The monoisotopic (exact) mass is 392 g/mol. The van der Waals surface area contributed by atoms with Gasteiger partial charge in [-0.2, -0.15) is 0 Å². The van der Waals surface area contributed by atoms with Crippen LogP contribution >= 0.6 is 35.3 Å². The molecule has 7 heteroatoms. The summed E-state index contributed by atoms with van der Waals surface area (Å²) < 4.78 is 4.77. The predicted octanol–water partition coefficient (Wildman–Crippen LogP) is 2.61. The van der Waals surface area contributed by atoms with Crippen LogP contribution in [-0.4, -0.2) is 17.7 Å². The molecule has 0 atom stereocenters. The van der Waals surface area contributed by atoms with Gasteiger partial charge in [-0.05, 0) is 18.4 Å². The van der Waals surface area contributed by atoms with Gasteiger partial charge in [-0.15, -0.1) is 35.3 Å². The Bertz CT molecular complexity index is 470. The third-order valence-electron chi connectivity index (χ3n) is 2.24. The second-order valence-corrected chi connectivity index (χ2v) is 4.65. The first kappa shape index (κ1) is 16.0. The molecular weight excluding hydrogens is 375 g/mol. The molecule has 0 aliphatic carbocycles. The third kappa shape index (κ3) is 5.60. The Morgan fingerprint density at radius 3 is 2.95 bits per heavy atom. The summed E-state index contributed by atoms with van der Waals surface area (Å²) in [6, 6.07) is 5.95. The van der Waals surface area contributed by atoms with Crippen LogP contribution in [0.1, 0.15) is 17.5 Å². The number of aromatic nitrogens is 1. The quantitative estimate of drug-likeness (QED) is 0.467. The molecule has 2 aromatic rings. The van der Waals surface area contributed by atoms with E-state index in [4.69, 9.17) is 4.52 Å². The Kier molecular flexibility index (Phi) is 7.49. The zero-order valence-corrected chi connectivity index (χ0v) is 13.8. The highest BCUT2D eigenvalue weighted by Crippen LogP contribution is 2.07. The number of aliphatic imine (C=N–C) groups is 1. The van der Waals surface area contributed by atoms with E-state index in [0.29, 0.717) is 6.54 Å². The average Bonchev–Trinajstić information content (AvgIpc) is 3.05. The lowest BCUT2D eigenvalue weighted by Gasteiger charge is -2.09. The molecule has 0 saturated heterocycles. The molecule has 0 aromatic carbocycles. The summed E-state index contributed by atoms with van der Waals surface area (Å²) in [5, 5.41) is 12.4. The summed E-state index contributed by atoms with van der Waals surface area (Å²) in [5.74, 6) is 0.786. The Balaban J connectivity index is 0.00000180. The number of thiophene rings is 1. The summed E-state index contributed by atoms with van der Waals surface area (Å²) in [7, 11) is 0.